The molecule has 2 aromatic rings. The summed E-state index contributed by atoms with van der Waals surface area (Å²) in [5.74, 6) is 1.71. The number of rotatable bonds is 9. The van der Waals surface area contributed by atoms with Crippen molar-refractivity contribution in [3.05, 3.63) is 46.0 Å². The molecular formula is C17H26IN3O2S. The number of hydrogen-bond acceptors (Lipinski definition) is 4. The van der Waals surface area contributed by atoms with E-state index in [0.717, 1.165) is 31.2 Å². The van der Waals surface area contributed by atoms with Crippen LogP contribution in [0.5, 0.6) is 0 Å². The van der Waals surface area contributed by atoms with Gasteiger partial charge < -0.3 is 19.8 Å². The number of aliphatic imine (C=N–C) groups is 1. The quantitative estimate of drug-likeness (QED) is 0.256. The number of ether oxygens (including phenoxy) is 1. The molecule has 0 aliphatic carbocycles. The fourth-order valence-corrected chi connectivity index (χ4v) is 2.83. The first-order chi connectivity index (χ1) is 11.3. The molecule has 0 radical (unpaired) electrons. The van der Waals surface area contributed by atoms with Crippen molar-refractivity contribution in [3.8, 4) is 0 Å². The zero-order chi connectivity index (χ0) is 16.3. The highest BCUT2D eigenvalue weighted by Crippen LogP contribution is 2.15. The molecule has 7 heteroatoms. The van der Waals surface area contributed by atoms with E-state index in [0.29, 0.717) is 19.8 Å². The van der Waals surface area contributed by atoms with E-state index in [-0.39, 0.29) is 24.0 Å². The van der Waals surface area contributed by atoms with Gasteiger partial charge in [0.1, 0.15) is 12.4 Å². The number of aryl methyl sites for hydroxylation is 1. The van der Waals surface area contributed by atoms with Gasteiger partial charge in [-0.05, 0) is 44.5 Å². The summed E-state index contributed by atoms with van der Waals surface area (Å²) in [6.45, 7) is 7.79. The Kier molecular flexibility index (Phi) is 10.8. The maximum absolute atomic E-state index is 5.56. The number of furan rings is 1. The summed E-state index contributed by atoms with van der Waals surface area (Å²) < 4.78 is 10.8. The summed E-state index contributed by atoms with van der Waals surface area (Å²) in [6, 6.07) is 8.05. The second-order valence-electron chi connectivity index (χ2n) is 5.12. The third-order valence-corrected chi connectivity index (χ3v) is 4.10. The lowest BCUT2D eigenvalue weighted by atomic mass is 10.4. The zero-order valence-corrected chi connectivity index (χ0v) is 17.4. The second kappa shape index (κ2) is 12.3. The van der Waals surface area contributed by atoms with E-state index in [2.05, 4.69) is 41.6 Å². The topological polar surface area (TPSA) is 58.8 Å². The minimum atomic E-state index is 0. The van der Waals surface area contributed by atoms with Crippen molar-refractivity contribution in [2.24, 2.45) is 4.99 Å². The Bertz CT molecular complexity index is 584. The Morgan fingerprint density at radius 3 is 2.83 bits per heavy atom. The van der Waals surface area contributed by atoms with Crippen LogP contribution in [0.3, 0.4) is 0 Å². The molecule has 5 nitrogen and oxygen atoms in total. The molecule has 0 aliphatic heterocycles. The Hall–Kier alpha value is -1.06. The molecule has 0 spiro atoms. The monoisotopic (exact) mass is 463 g/mol. The van der Waals surface area contributed by atoms with Gasteiger partial charge >= 0.3 is 0 Å². The first kappa shape index (κ1) is 21.0. The van der Waals surface area contributed by atoms with Crippen LogP contribution in [-0.2, 0) is 17.9 Å². The van der Waals surface area contributed by atoms with Gasteiger partial charge in [-0.15, -0.1) is 35.3 Å². The lowest BCUT2D eigenvalue weighted by Gasteiger charge is -2.11. The molecule has 2 rings (SSSR count). The largest absolute Gasteiger partial charge is 0.467 e. The van der Waals surface area contributed by atoms with E-state index in [1.165, 1.54) is 9.75 Å². The van der Waals surface area contributed by atoms with Crippen LogP contribution in [0.4, 0.5) is 0 Å². The Morgan fingerprint density at radius 2 is 2.17 bits per heavy atom. The summed E-state index contributed by atoms with van der Waals surface area (Å²) >= 11 is 1.79. The van der Waals surface area contributed by atoms with Crippen molar-refractivity contribution >= 4 is 41.3 Å². The maximum atomic E-state index is 5.56. The number of thiophene rings is 1. The Morgan fingerprint density at radius 1 is 1.29 bits per heavy atom. The molecule has 0 atom stereocenters. The predicted octanol–water partition coefficient (Wildman–Crippen LogP) is 3.93. The Labute approximate surface area is 164 Å². The number of nitrogens with one attached hydrogen (secondary N) is 2. The maximum Gasteiger partial charge on any atom is 0.191 e. The van der Waals surface area contributed by atoms with Crippen molar-refractivity contribution in [1.82, 2.24) is 10.6 Å². The predicted molar refractivity (Wildman–Crippen MR) is 110 cm³/mol. The van der Waals surface area contributed by atoms with Crippen molar-refractivity contribution in [3.63, 3.8) is 0 Å². The molecule has 0 saturated heterocycles. The third kappa shape index (κ3) is 8.16. The minimum Gasteiger partial charge on any atom is -0.467 e. The SMILES string of the molecule is CCNC(=NCc1ccc(C)s1)NCCCOCc1ccco1.I. The second-order valence-corrected chi connectivity index (χ2v) is 6.49. The van der Waals surface area contributed by atoms with E-state index in [1.54, 1.807) is 17.6 Å². The van der Waals surface area contributed by atoms with E-state index >= 15 is 0 Å². The summed E-state index contributed by atoms with van der Waals surface area (Å²) in [5, 5.41) is 6.59. The van der Waals surface area contributed by atoms with E-state index in [4.69, 9.17) is 9.15 Å². The van der Waals surface area contributed by atoms with Crippen LogP contribution in [0.25, 0.3) is 0 Å². The molecule has 0 bridgehead atoms. The summed E-state index contributed by atoms with van der Waals surface area (Å²) in [5.41, 5.74) is 0. The lowest BCUT2D eigenvalue weighted by molar-refractivity contribution is 0.105. The van der Waals surface area contributed by atoms with Crippen LogP contribution < -0.4 is 10.6 Å². The van der Waals surface area contributed by atoms with Crippen LogP contribution in [0.1, 0.15) is 28.9 Å². The van der Waals surface area contributed by atoms with Crippen molar-refractivity contribution in [2.45, 2.75) is 33.4 Å². The molecule has 0 unspecified atom stereocenters. The molecule has 2 heterocycles. The molecule has 2 N–H and O–H groups in total. The lowest BCUT2D eigenvalue weighted by Crippen LogP contribution is -2.38. The van der Waals surface area contributed by atoms with E-state index < -0.39 is 0 Å². The molecule has 2 aromatic heterocycles. The van der Waals surface area contributed by atoms with Gasteiger partial charge in [0.25, 0.3) is 0 Å². The molecule has 24 heavy (non-hydrogen) atoms. The van der Waals surface area contributed by atoms with Crippen LogP contribution in [0.2, 0.25) is 0 Å². The van der Waals surface area contributed by atoms with Gasteiger partial charge in [-0.1, -0.05) is 0 Å². The average molecular weight is 463 g/mol. The van der Waals surface area contributed by atoms with Crippen molar-refractivity contribution in [2.75, 3.05) is 19.7 Å². The number of guanidine groups is 1. The third-order valence-electron chi connectivity index (χ3n) is 3.12. The standard InChI is InChI=1S/C17H25N3O2S.HI/c1-3-18-17(20-12-16-8-7-14(2)23-16)19-9-5-10-21-13-15-6-4-11-22-15;/h4,6-8,11H,3,5,9-10,12-13H2,1-2H3,(H2,18,19,20);1H. The molecule has 0 aromatic carbocycles. The minimum absolute atomic E-state index is 0. The van der Waals surface area contributed by atoms with Crippen LogP contribution >= 0.6 is 35.3 Å². The summed E-state index contributed by atoms with van der Waals surface area (Å²) in [6.07, 6.45) is 2.58. The first-order valence-electron chi connectivity index (χ1n) is 7.95. The molecule has 0 fully saturated rings. The van der Waals surface area contributed by atoms with Crippen LogP contribution in [-0.4, -0.2) is 25.7 Å². The average Bonchev–Trinajstić information content (AvgIpc) is 3.19. The number of halogens is 1. The van der Waals surface area contributed by atoms with Gasteiger partial charge in [-0.2, -0.15) is 0 Å². The smallest absolute Gasteiger partial charge is 0.191 e. The fraction of sp³-hybridized carbons (Fsp3) is 0.471. The van der Waals surface area contributed by atoms with Gasteiger partial charge in [0.2, 0.25) is 0 Å². The number of nitrogens with zero attached hydrogens (tertiary/aromatic N) is 1. The van der Waals surface area contributed by atoms with E-state index in [1.807, 2.05) is 12.1 Å². The van der Waals surface area contributed by atoms with Gasteiger partial charge in [-0.25, -0.2) is 4.99 Å². The van der Waals surface area contributed by atoms with Crippen molar-refractivity contribution in [1.29, 1.82) is 0 Å². The first-order valence-corrected chi connectivity index (χ1v) is 8.77. The van der Waals surface area contributed by atoms with E-state index in [9.17, 15) is 0 Å². The highest BCUT2D eigenvalue weighted by Gasteiger charge is 2.00. The van der Waals surface area contributed by atoms with Gasteiger partial charge in [0.15, 0.2) is 5.96 Å². The Balaban J connectivity index is 0.00000288. The highest BCUT2D eigenvalue weighted by atomic mass is 127. The van der Waals surface area contributed by atoms with Crippen LogP contribution in [0, 0.1) is 6.92 Å². The van der Waals surface area contributed by atoms with Gasteiger partial charge in [-0.3, -0.25) is 0 Å². The fourth-order valence-electron chi connectivity index (χ4n) is 2.02. The molecule has 0 amide bonds. The van der Waals surface area contributed by atoms with Crippen LogP contribution in [0.15, 0.2) is 39.9 Å². The molecule has 0 aliphatic rings. The van der Waals surface area contributed by atoms with Gasteiger partial charge in [0.05, 0.1) is 12.8 Å². The van der Waals surface area contributed by atoms with Crippen molar-refractivity contribution < 1.29 is 9.15 Å². The number of hydrogen-bond donors (Lipinski definition) is 2. The molecular weight excluding hydrogens is 437 g/mol. The summed E-state index contributed by atoms with van der Waals surface area (Å²) in [4.78, 5) is 7.20. The summed E-state index contributed by atoms with van der Waals surface area (Å²) in [7, 11) is 0. The molecule has 134 valence electrons. The highest BCUT2D eigenvalue weighted by molar-refractivity contribution is 14.0. The molecule has 0 saturated carbocycles. The zero-order valence-electron chi connectivity index (χ0n) is 14.2. The van der Waals surface area contributed by atoms with Gasteiger partial charge in [0, 0.05) is 29.5 Å². The normalized spacial score (nSPS) is 11.2.